The molecule has 1 aromatic rings. The van der Waals surface area contributed by atoms with Crippen LogP contribution in [0.25, 0.3) is 0 Å². The first kappa shape index (κ1) is 16.0. The van der Waals surface area contributed by atoms with Crippen molar-refractivity contribution in [2.24, 2.45) is 0 Å². The van der Waals surface area contributed by atoms with Gasteiger partial charge in [0.1, 0.15) is 6.04 Å². The predicted molar refractivity (Wildman–Crippen MR) is 77.6 cm³/mol. The van der Waals surface area contributed by atoms with Crippen LogP contribution in [-0.4, -0.2) is 41.1 Å². The summed E-state index contributed by atoms with van der Waals surface area (Å²) >= 11 is 0. The van der Waals surface area contributed by atoms with Gasteiger partial charge in [0.05, 0.1) is 0 Å². The summed E-state index contributed by atoms with van der Waals surface area (Å²) in [7, 11) is 0. The first-order valence-corrected chi connectivity index (χ1v) is 6.41. The quantitative estimate of drug-likeness (QED) is 0.836. The van der Waals surface area contributed by atoms with Crippen LogP contribution in [0.4, 0.5) is 0 Å². The average molecular weight is 285 g/mol. The molecule has 106 valence electrons. The molecular formula is C14H21ClN2O2. The molecule has 1 unspecified atom stereocenters. The molecule has 0 amide bonds. The number of nitrogens with zero attached hydrogens (tertiary/aromatic N) is 1. The molecule has 5 heteroatoms. The van der Waals surface area contributed by atoms with Gasteiger partial charge in [-0.05, 0) is 25.5 Å². The van der Waals surface area contributed by atoms with Crippen molar-refractivity contribution >= 4 is 18.4 Å². The fourth-order valence-corrected chi connectivity index (χ4v) is 2.12. The van der Waals surface area contributed by atoms with Crippen molar-refractivity contribution in [3.8, 4) is 0 Å². The Morgan fingerprint density at radius 1 is 1.47 bits per heavy atom. The van der Waals surface area contributed by atoms with Crippen LogP contribution in [0.1, 0.15) is 18.9 Å². The lowest BCUT2D eigenvalue weighted by Gasteiger charge is -2.35. The van der Waals surface area contributed by atoms with Crippen LogP contribution in [0.5, 0.6) is 0 Å². The fraction of sp³-hybridized carbons (Fsp3) is 0.500. The number of carbonyl (C=O) groups is 1. The Morgan fingerprint density at radius 3 is 2.58 bits per heavy atom. The van der Waals surface area contributed by atoms with E-state index in [0.717, 1.165) is 25.1 Å². The van der Waals surface area contributed by atoms with E-state index in [0.29, 0.717) is 12.6 Å². The van der Waals surface area contributed by atoms with E-state index >= 15 is 0 Å². The van der Waals surface area contributed by atoms with Gasteiger partial charge in [-0.25, -0.2) is 0 Å². The summed E-state index contributed by atoms with van der Waals surface area (Å²) in [5, 5.41) is 12.5. The van der Waals surface area contributed by atoms with Gasteiger partial charge in [0.2, 0.25) is 0 Å². The molecule has 1 aliphatic rings. The fourth-order valence-electron chi connectivity index (χ4n) is 2.12. The first-order chi connectivity index (χ1) is 8.66. The minimum Gasteiger partial charge on any atom is -0.480 e. The number of rotatable bonds is 6. The number of hydrogen-bond acceptors (Lipinski definition) is 3. The van der Waals surface area contributed by atoms with Crippen LogP contribution in [-0.2, 0) is 11.3 Å². The van der Waals surface area contributed by atoms with Gasteiger partial charge in [-0.15, -0.1) is 12.4 Å². The van der Waals surface area contributed by atoms with Crippen LogP contribution in [0.2, 0.25) is 0 Å². The van der Waals surface area contributed by atoms with Crippen LogP contribution in [0.15, 0.2) is 30.3 Å². The van der Waals surface area contributed by atoms with Gasteiger partial charge >= 0.3 is 5.97 Å². The molecule has 0 spiro atoms. The average Bonchev–Trinajstić information content (AvgIpc) is 2.32. The van der Waals surface area contributed by atoms with Crippen LogP contribution in [0.3, 0.4) is 0 Å². The molecule has 0 radical (unpaired) electrons. The first-order valence-electron chi connectivity index (χ1n) is 6.41. The number of nitrogens with one attached hydrogen (secondary N) is 1. The van der Waals surface area contributed by atoms with Gasteiger partial charge in [0.15, 0.2) is 0 Å². The lowest BCUT2D eigenvalue weighted by atomic mass is 10.1. The molecule has 1 saturated heterocycles. The molecule has 19 heavy (non-hydrogen) atoms. The summed E-state index contributed by atoms with van der Waals surface area (Å²) in [4.78, 5) is 13.2. The molecule has 1 fully saturated rings. The molecular weight excluding hydrogens is 264 g/mol. The number of benzene rings is 1. The predicted octanol–water partition coefficient (Wildman–Crippen LogP) is 1.75. The van der Waals surface area contributed by atoms with Crippen molar-refractivity contribution in [1.82, 2.24) is 10.2 Å². The highest BCUT2D eigenvalue weighted by molar-refractivity contribution is 5.85. The zero-order valence-electron chi connectivity index (χ0n) is 11.1. The Balaban J connectivity index is 0.00000180. The Bertz CT molecular complexity index is 396. The highest BCUT2D eigenvalue weighted by Crippen LogP contribution is 2.12. The number of aliphatic carboxylic acids is 1. The number of halogens is 1. The summed E-state index contributed by atoms with van der Waals surface area (Å²) in [6.07, 6.45) is 1.14. The van der Waals surface area contributed by atoms with Gasteiger partial charge < -0.3 is 10.4 Å². The third-order valence-corrected chi connectivity index (χ3v) is 3.51. The van der Waals surface area contributed by atoms with E-state index in [1.165, 1.54) is 0 Å². The number of carboxylic acids is 1. The largest absolute Gasteiger partial charge is 0.480 e. The van der Waals surface area contributed by atoms with E-state index in [2.05, 4.69) is 5.32 Å². The van der Waals surface area contributed by atoms with E-state index < -0.39 is 12.0 Å². The van der Waals surface area contributed by atoms with Gasteiger partial charge in [-0.2, -0.15) is 0 Å². The molecule has 0 aliphatic carbocycles. The highest BCUT2D eigenvalue weighted by Gasteiger charge is 2.26. The van der Waals surface area contributed by atoms with Crippen LogP contribution < -0.4 is 5.32 Å². The second kappa shape index (κ2) is 7.48. The van der Waals surface area contributed by atoms with Crippen molar-refractivity contribution in [2.75, 3.05) is 13.1 Å². The standard InChI is InChI=1S/C14H20N2O2.ClH/c1-11(14(17)18)16(10-13-7-8-15-13)9-12-5-3-2-4-6-12;/h2-6,11,13,15H,7-10H2,1H3,(H,17,18);1H/t11-,13?;/m0./s1. The molecule has 2 N–H and O–H groups in total. The molecule has 1 heterocycles. The Kier molecular flexibility index (Phi) is 6.28. The third-order valence-electron chi connectivity index (χ3n) is 3.51. The zero-order valence-corrected chi connectivity index (χ0v) is 11.9. The SMILES string of the molecule is C[C@@H](C(=O)O)N(Cc1ccccc1)CC1CCN1.Cl. The summed E-state index contributed by atoms with van der Waals surface area (Å²) < 4.78 is 0. The van der Waals surface area contributed by atoms with Crippen LogP contribution in [0, 0.1) is 0 Å². The maximum absolute atomic E-state index is 11.2. The van der Waals surface area contributed by atoms with E-state index in [1.807, 2.05) is 35.2 Å². The summed E-state index contributed by atoms with van der Waals surface area (Å²) in [5.41, 5.74) is 1.16. The van der Waals surface area contributed by atoms with Crippen molar-refractivity contribution < 1.29 is 9.90 Å². The van der Waals surface area contributed by atoms with E-state index in [4.69, 9.17) is 0 Å². The Labute approximate surface area is 120 Å². The summed E-state index contributed by atoms with van der Waals surface area (Å²) in [6, 6.07) is 10.0. The number of carboxylic acid groups (broad SMARTS) is 1. The second-order valence-electron chi connectivity index (χ2n) is 4.87. The Hall–Kier alpha value is -1.10. The van der Waals surface area contributed by atoms with Crippen molar-refractivity contribution in [3.05, 3.63) is 35.9 Å². The minimum atomic E-state index is -0.759. The van der Waals surface area contributed by atoms with Gasteiger partial charge in [-0.3, -0.25) is 9.69 Å². The molecule has 0 aromatic heterocycles. The topological polar surface area (TPSA) is 52.6 Å². The molecule has 0 saturated carbocycles. The Morgan fingerprint density at radius 2 is 2.11 bits per heavy atom. The second-order valence-corrected chi connectivity index (χ2v) is 4.87. The normalized spacial score (nSPS) is 19.4. The third kappa shape index (κ3) is 4.49. The molecule has 1 aliphatic heterocycles. The molecule has 4 nitrogen and oxygen atoms in total. The summed E-state index contributed by atoms with van der Waals surface area (Å²) in [6.45, 7) is 4.28. The lowest BCUT2D eigenvalue weighted by Crippen LogP contribution is -2.53. The van der Waals surface area contributed by atoms with E-state index in [9.17, 15) is 9.90 Å². The van der Waals surface area contributed by atoms with E-state index in [1.54, 1.807) is 6.92 Å². The zero-order chi connectivity index (χ0) is 13.0. The molecule has 1 aromatic carbocycles. The van der Waals surface area contributed by atoms with Gasteiger partial charge in [0.25, 0.3) is 0 Å². The molecule has 0 bridgehead atoms. The van der Waals surface area contributed by atoms with Gasteiger partial charge in [-0.1, -0.05) is 30.3 Å². The van der Waals surface area contributed by atoms with Crippen molar-refractivity contribution in [2.45, 2.75) is 32.0 Å². The highest BCUT2D eigenvalue weighted by atomic mass is 35.5. The van der Waals surface area contributed by atoms with Crippen LogP contribution >= 0.6 is 12.4 Å². The minimum absolute atomic E-state index is 0. The lowest BCUT2D eigenvalue weighted by molar-refractivity contribution is -0.143. The molecule has 2 rings (SSSR count). The van der Waals surface area contributed by atoms with Gasteiger partial charge in [0, 0.05) is 19.1 Å². The monoisotopic (exact) mass is 284 g/mol. The summed E-state index contributed by atoms with van der Waals surface area (Å²) in [5.74, 6) is -0.759. The number of hydrogen-bond donors (Lipinski definition) is 2. The van der Waals surface area contributed by atoms with E-state index in [-0.39, 0.29) is 12.4 Å². The maximum Gasteiger partial charge on any atom is 0.320 e. The van der Waals surface area contributed by atoms with Crippen molar-refractivity contribution in [1.29, 1.82) is 0 Å². The maximum atomic E-state index is 11.2. The smallest absolute Gasteiger partial charge is 0.320 e. The van der Waals surface area contributed by atoms with Crippen molar-refractivity contribution in [3.63, 3.8) is 0 Å². The molecule has 2 atom stereocenters.